The molecule has 15 heavy (non-hydrogen) atoms. The molecule has 0 aliphatic carbocycles. The van der Waals surface area contributed by atoms with Crippen LogP contribution < -0.4 is 4.57 Å². The predicted molar refractivity (Wildman–Crippen MR) is 64.5 cm³/mol. The highest BCUT2D eigenvalue weighted by Gasteiger charge is 2.10. The Labute approximate surface area is 90.7 Å². The number of hydrogen-bond acceptors (Lipinski definition) is 0. The fraction of sp³-hybridized carbons (Fsp3) is 0.214. The summed E-state index contributed by atoms with van der Waals surface area (Å²) in [4.78, 5) is 0. The van der Waals surface area contributed by atoms with Crippen molar-refractivity contribution in [1.82, 2.24) is 0 Å². The van der Waals surface area contributed by atoms with Crippen molar-refractivity contribution in [3.63, 3.8) is 0 Å². The van der Waals surface area contributed by atoms with Gasteiger partial charge in [-0.05, 0) is 11.5 Å². The second-order valence-electron chi connectivity index (χ2n) is 3.69. The van der Waals surface area contributed by atoms with E-state index in [0.717, 1.165) is 13.0 Å². The van der Waals surface area contributed by atoms with Gasteiger partial charge in [0.25, 0.3) is 0 Å². The Balaban J connectivity index is 2.69. The summed E-state index contributed by atoms with van der Waals surface area (Å²) in [5.41, 5.74) is 1.22. The van der Waals surface area contributed by atoms with Crippen molar-refractivity contribution in [2.24, 2.45) is 0 Å². The Bertz CT molecular complexity index is 486. The van der Waals surface area contributed by atoms with Gasteiger partial charge in [0, 0.05) is 18.6 Å². The van der Waals surface area contributed by atoms with E-state index in [9.17, 15) is 0 Å². The zero-order chi connectivity index (χ0) is 10.7. The lowest BCUT2D eigenvalue weighted by Crippen LogP contribution is -2.36. The molecule has 0 amide bonds. The molecule has 0 saturated carbocycles. The van der Waals surface area contributed by atoms with E-state index in [0.29, 0.717) is 0 Å². The van der Waals surface area contributed by atoms with Gasteiger partial charge in [0.2, 0.25) is 5.69 Å². The SMILES string of the molecule is C=Cc1c2ccccc2cc[n+]1CCC. The smallest absolute Gasteiger partial charge is 0.198 e. The molecule has 0 N–H and O–H groups in total. The third-order valence-electron chi connectivity index (χ3n) is 2.64. The van der Waals surface area contributed by atoms with Crippen LogP contribution in [0.2, 0.25) is 0 Å². The van der Waals surface area contributed by atoms with Gasteiger partial charge in [0.1, 0.15) is 6.54 Å². The molecule has 1 aromatic heterocycles. The summed E-state index contributed by atoms with van der Waals surface area (Å²) >= 11 is 0. The van der Waals surface area contributed by atoms with E-state index in [1.54, 1.807) is 0 Å². The van der Waals surface area contributed by atoms with Crippen molar-refractivity contribution in [3.8, 4) is 0 Å². The molecular weight excluding hydrogens is 182 g/mol. The third-order valence-corrected chi connectivity index (χ3v) is 2.64. The largest absolute Gasteiger partial charge is 0.212 e. The van der Waals surface area contributed by atoms with Crippen molar-refractivity contribution in [2.75, 3.05) is 0 Å². The monoisotopic (exact) mass is 198 g/mol. The number of fused-ring (bicyclic) bond motifs is 1. The molecule has 1 aromatic carbocycles. The zero-order valence-electron chi connectivity index (χ0n) is 9.11. The van der Waals surface area contributed by atoms with Crippen molar-refractivity contribution in [1.29, 1.82) is 0 Å². The summed E-state index contributed by atoms with van der Waals surface area (Å²) < 4.78 is 2.26. The van der Waals surface area contributed by atoms with E-state index in [1.165, 1.54) is 16.5 Å². The lowest BCUT2D eigenvalue weighted by Gasteiger charge is -2.02. The van der Waals surface area contributed by atoms with Crippen LogP contribution in [-0.4, -0.2) is 0 Å². The van der Waals surface area contributed by atoms with Crippen LogP contribution in [0.15, 0.2) is 43.1 Å². The fourth-order valence-corrected chi connectivity index (χ4v) is 1.94. The highest BCUT2D eigenvalue weighted by atomic mass is 14.9. The van der Waals surface area contributed by atoms with E-state index >= 15 is 0 Å². The molecule has 2 aromatic rings. The Morgan fingerprint density at radius 3 is 2.80 bits per heavy atom. The Kier molecular flexibility index (Phi) is 2.82. The lowest BCUT2D eigenvalue weighted by molar-refractivity contribution is -0.697. The molecule has 0 saturated heterocycles. The molecule has 0 spiro atoms. The number of aryl methyl sites for hydroxylation is 1. The molecule has 1 heterocycles. The Morgan fingerprint density at radius 1 is 1.27 bits per heavy atom. The molecule has 0 aliphatic rings. The van der Waals surface area contributed by atoms with Gasteiger partial charge < -0.3 is 0 Å². The molecule has 0 bridgehead atoms. The number of nitrogens with zero attached hydrogens (tertiary/aromatic N) is 1. The predicted octanol–water partition coefficient (Wildman–Crippen LogP) is 3.18. The molecule has 0 fully saturated rings. The first-order valence-corrected chi connectivity index (χ1v) is 5.40. The lowest BCUT2D eigenvalue weighted by atomic mass is 10.1. The summed E-state index contributed by atoms with van der Waals surface area (Å²) in [7, 11) is 0. The quantitative estimate of drug-likeness (QED) is 0.667. The van der Waals surface area contributed by atoms with Gasteiger partial charge in [0.15, 0.2) is 6.20 Å². The maximum atomic E-state index is 3.90. The number of benzene rings is 1. The van der Waals surface area contributed by atoms with Gasteiger partial charge in [-0.25, -0.2) is 0 Å². The van der Waals surface area contributed by atoms with Crippen LogP contribution in [0, 0.1) is 0 Å². The van der Waals surface area contributed by atoms with Gasteiger partial charge in [-0.1, -0.05) is 31.7 Å². The van der Waals surface area contributed by atoms with Gasteiger partial charge in [-0.3, -0.25) is 0 Å². The highest BCUT2D eigenvalue weighted by molar-refractivity contribution is 5.87. The highest BCUT2D eigenvalue weighted by Crippen LogP contribution is 2.15. The minimum absolute atomic E-state index is 1.05. The number of pyridine rings is 1. The Morgan fingerprint density at radius 2 is 2.07 bits per heavy atom. The molecule has 1 nitrogen and oxygen atoms in total. The standard InChI is InChI=1S/C14H16N/c1-3-10-15-11-9-12-7-5-6-8-13(12)14(15)4-2/h4-9,11H,2-3,10H2,1H3/q+1. The normalized spacial score (nSPS) is 10.5. The van der Waals surface area contributed by atoms with Gasteiger partial charge >= 0.3 is 0 Å². The van der Waals surface area contributed by atoms with Crippen molar-refractivity contribution < 1.29 is 4.57 Å². The van der Waals surface area contributed by atoms with Crippen LogP contribution in [-0.2, 0) is 6.54 Å². The fourth-order valence-electron chi connectivity index (χ4n) is 1.94. The van der Waals surface area contributed by atoms with Crippen molar-refractivity contribution in [3.05, 3.63) is 48.8 Å². The number of rotatable bonds is 3. The van der Waals surface area contributed by atoms with Crippen molar-refractivity contribution in [2.45, 2.75) is 19.9 Å². The third kappa shape index (κ3) is 1.78. The zero-order valence-corrected chi connectivity index (χ0v) is 9.11. The molecule has 2 rings (SSSR count). The van der Waals surface area contributed by atoms with Gasteiger partial charge in [-0.2, -0.15) is 4.57 Å². The second kappa shape index (κ2) is 4.26. The summed E-state index contributed by atoms with van der Waals surface area (Å²) in [5.74, 6) is 0. The van der Waals surface area contributed by atoms with Crippen LogP contribution in [0.5, 0.6) is 0 Å². The van der Waals surface area contributed by atoms with Crippen LogP contribution in [0.25, 0.3) is 16.8 Å². The molecule has 76 valence electrons. The summed E-state index contributed by atoms with van der Waals surface area (Å²) in [6.45, 7) is 7.14. The second-order valence-corrected chi connectivity index (χ2v) is 3.69. The molecule has 0 atom stereocenters. The molecule has 0 unspecified atom stereocenters. The van der Waals surface area contributed by atoms with E-state index in [2.05, 4.69) is 54.6 Å². The van der Waals surface area contributed by atoms with Crippen LogP contribution in [0.1, 0.15) is 19.0 Å². The van der Waals surface area contributed by atoms with E-state index in [4.69, 9.17) is 0 Å². The summed E-state index contributed by atoms with van der Waals surface area (Å²) in [5, 5.41) is 2.56. The number of aromatic nitrogens is 1. The van der Waals surface area contributed by atoms with E-state index in [-0.39, 0.29) is 0 Å². The number of hydrogen-bond donors (Lipinski definition) is 0. The first-order valence-electron chi connectivity index (χ1n) is 5.40. The van der Waals surface area contributed by atoms with Gasteiger partial charge in [0.05, 0.1) is 5.39 Å². The van der Waals surface area contributed by atoms with E-state index < -0.39 is 0 Å². The first kappa shape index (κ1) is 9.91. The van der Waals surface area contributed by atoms with Crippen molar-refractivity contribution >= 4 is 16.8 Å². The molecule has 0 radical (unpaired) electrons. The molecule has 0 aliphatic heterocycles. The maximum absolute atomic E-state index is 3.90. The Hall–Kier alpha value is -1.63. The minimum atomic E-state index is 1.05. The van der Waals surface area contributed by atoms with Crippen LogP contribution in [0.3, 0.4) is 0 Å². The molecular formula is C14H16N+. The average molecular weight is 198 g/mol. The summed E-state index contributed by atoms with van der Waals surface area (Å²) in [6, 6.07) is 10.6. The average Bonchev–Trinajstić information content (AvgIpc) is 2.29. The topological polar surface area (TPSA) is 3.88 Å². The van der Waals surface area contributed by atoms with E-state index in [1.807, 2.05) is 6.08 Å². The van der Waals surface area contributed by atoms with Crippen LogP contribution in [0.4, 0.5) is 0 Å². The maximum Gasteiger partial charge on any atom is 0.212 e. The minimum Gasteiger partial charge on any atom is -0.198 e. The summed E-state index contributed by atoms with van der Waals surface area (Å²) in [6.07, 6.45) is 5.23. The van der Waals surface area contributed by atoms with Gasteiger partial charge in [-0.15, -0.1) is 0 Å². The first-order chi connectivity index (χ1) is 7.36. The molecule has 1 heteroatoms. The van der Waals surface area contributed by atoms with Crippen LogP contribution >= 0.6 is 0 Å².